The first-order chi connectivity index (χ1) is 23.3. The molecule has 0 fully saturated rings. The van der Waals surface area contributed by atoms with Gasteiger partial charge in [-0.05, 0) is 99.7 Å². The maximum atomic E-state index is 2.42. The molecule has 1 aliphatic rings. The van der Waals surface area contributed by atoms with E-state index in [1.807, 2.05) is 11.3 Å². The minimum Gasteiger partial charge on any atom is -0.135 e. The molecule has 9 aromatic carbocycles. The van der Waals surface area contributed by atoms with Crippen molar-refractivity contribution in [3.05, 3.63) is 158 Å². The number of hydrogen-bond donors (Lipinski definition) is 0. The Balaban J connectivity index is 1.16. The third kappa shape index (κ3) is 3.42. The molecule has 10 aromatic rings. The molecule has 0 radical (unpaired) electrons. The van der Waals surface area contributed by atoms with Crippen LogP contribution in [0.15, 0.2) is 158 Å². The molecule has 0 saturated carbocycles. The van der Waals surface area contributed by atoms with Crippen LogP contribution in [0.5, 0.6) is 0 Å². The Labute approximate surface area is 275 Å². The number of hydrogen-bond acceptors (Lipinski definition) is 1. The molecule has 0 spiro atoms. The number of rotatable bonds is 2. The molecule has 216 valence electrons. The van der Waals surface area contributed by atoms with Gasteiger partial charge in [-0.15, -0.1) is 11.3 Å². The van der Waals surface area contributed by atoms with Gasteiger partial charge in [-0.25, -0.2) is 0 Å². The molecule has 11 rings (SSSR count). The fourth-order valence-electron chi connectivity index (χ4n) is 8.42. The van der Waals surface area contributed by atoms with E-state index >= 15 is 0 Å². The maximum Gasteiger partial charge on any atom is 0.0434 e. The second kappa shape index (κ2) is 9.39. The summed E-state index contributed by atoms with van der Waals surface area (Å²) in [7, 11) is 0. The molecule has 0 amide bonds. The predicted molar refractivity (Wildman–Crippen MR) is 205 cm³/mol. The van der Waals surface area contributed by atoms with Crippen LogP contribution < -0.4 is 0 Å². The van der Waals surface area contributed by atoms with E-state index in [1.54, 1.807) is 0 Å². The lowest BCUT2D eigenvalue weighted by Gasteiger charge is -2.13. The van der Waals surface area contributed by atoms with Crippen LogP contribution in [0.3, 0.4) is 0 Å². The third-order valence-electron chi connectivity index (χ3n) is 10.4. The van der Waals surface area contributed by atoms with Gasteiger partial charge in [0.25, 0.3) is 0 Å². The summed E-state index contributed by atoms with van der Waals surface area (Å²) >= 11 is 1.92. The average Bonchev–Trinajstić information content (AvgIpc) is 3.69. The molecule has 1 heteroatoms. The van der Waals surface area contributed by atoms with Crippen LogP contribution in [0.2, 0.25) is 0 Å². The zero-order valence-electron chi connectivity index (χ0n) is 25.4. The van der Waals surface area contributed by atoms with Crippen molar-refractivity contribution >= 4 is 74.6 Å². The van der Waals surface area contributed by atoms with Crippen molar-refractivity contribution in [2.75, 3.05) is 0 Å². The van der Waals surface area contributed by atoms with Gasteiger partial charge in [0.1, 0.15) is 0 Å². The van der Waals surface area contributed by atoms with Crippen molar-refractivity contribution in [2.24, 2.45) is 0 Å². The Bertz CT molecular complexity index is 2890. The molecule has 0 nitrogen and oxygen atoms in total. The van der Waals surface area contributed by atoms with Gasteiger partial charge in [-0.3, -0.25) is 0 Å². The third-order valence-corrected chi connectivity index (χ3v) is 11.6. The highest BCUT2D eigenvalue weighted by molar-refractivity contribution is 7.26. The van der Waals surface area contributed by atoms with Crippen LogP contribution in [0.25, 0.3) is 108 Å². The zero-order valence-corrected chi connectivity index (χ0v) is 26.2. The van der Waals surface area contributed by atoms with Gasteiger partial charge < -0.3 is 0 Å². The highest BCUT2D eigenvalue weighted by atomic mass is 32.1. The Kier molecular flexibility index (Phi) is 5.08. The summed E-state index contributed by atoms with van der Waals surface area (Å²) in [6, 6.07) is 58.8. The van der Waals surface area contributed by atoms with Gasteiger partial charge in [0.05, 0.1) is 0 Å². The Hall–Kier alpha value is -5.76. The molecule has 0 atom stereocenters. The second-order valence-corrected chi connectivity index (χ2v) is 13.8. The van der Waals surface area contributed by atoms with Gasteiger partial charge in [0.15, 0.2) is 0 Å². The number of benzene rings is 9. The van der Waals surface area contributed by atoms with Crippen LogP contribution in [0.1, 0.15) is 0 Å². The lowest BCUT2D eigenvalue weighted by Crippen LogP contribution is -1.86. The second-order valence-electron chi connectivity index (χ2n) is 12.7. The first kappa shape index (κ1) is 25.4. The molecular formula is C46H26S. The first-order valence-electron chi connectivity index (χ1n) is 16.3. The smallest absolute Gasteiger partial charge is 0.0434 e. The maximum absolute atomic E-state index is 2.42. The van der Waals surface area contributed by atoms with Gasteiger partial charge in [0.2, 0.25) is 0 Å². The van der Waals surface area contributed by atoms with E-state index in [0.29, 0.717) is 0 Å². The molecule has 47 heavy (non-hydrogen) atoms. The molecule has 0 unspecified atom stereocenters. The van der Waals surface area contributed by atoms with Crippen molar-refractivity contribution < 1.29 is 0 Å². The van der Waals surface area contributed by atoms with E-state index in [2.05, 4.69) is 158 Å². The summed E-state index contributed by atoms with van der Waals surface area (Å²) in [5, 5.41) is 13.2. The Morgan fingerprint density at radius 2 is 0.766 bits per heavy atom. The summed E-state index contributed by atoms with van der Waals surface area (Å²) in [6.45, 7) is 0. The molecule has 0 aliphatic heterocycles. The fourth-order valence-corrected chi connectivity index (χ4v) is 9.68. The van der Waals surface area contributed by atoms with E-state index in [-0.39, 0.29) is 0 Å². The van der Waals surface area contributed by atoms with Crippen molar-refractivity contribution in [3.8, 4) is 44.5 Å². The highest BCUT2D eigenvalue weighted by Crippen LogP contribution is 2.51. The average molecular weight is 611 g/mol. The van der Waals surface area contributed by atoms with Gasteiger partial charge in [0, 0.05) is 20.2 Å². The van der Waals surface area contributed by atoms with Gasteiger partial charge in [-0.2, -0.15) is 0 Å². The molecule has 0 bridgehead atoms. The van der Waals surface area contributed by atoms with Gasteiger partial charge >= 0.3 is 0 Å². The van der Waals surface area contributed by atoms with Crippen LogP contribution in [-0.2, 0) is 0 Å². The van der Waals surface area contributed by atoms with Crippen molar-refractivity contribution in [2.45, 2.75) is 0 Å². The van der Waals surface area contributed by atoms with Gasteiger partial charge in [-0.1, -0.05) is 146 Å². The SMILES string of the molecule is c1ccc2c(c1)-c1cccc3c(-c4cccc5sc6c(-c7ccc8c9ccccc9c9ccccc9c8c7)cccc6c45)ccc-2c13. The minimum absolute atomic E-state index is 1.26. The first-order valence-corrected chi connectivity index (χ1v) is 17.1. The van der Waals surface area contributed by atoms with Crippen molar-refractivity contribution in [3.63, 3.8) is 0 Å². The van der Waals surface area contributed by atoms with Crippen molar-refractivity contribution in [1.82, 2.24) is 0 Å². The summed E-state index contributed by atoms with van der Waals surface area (Å²) in [5.74, 6) is 0. The number of thiophene rings is 1. The molecule has 0 saturated heterocycles. The summed E-state index contributed by atoms with van der Waals surface area (Å²) in [5.41, 5.74) is 10.5. The normalized spacial score (nSPS) is 12.3. The Morgan fingerprint density at radius 1 is 0.277 bits per heavy atom. The van der Waals surface area contributed by atoms with E-state index in [0.717, 1.165) is 0 Å². The highest BCUT2D eigenvalue weighted by Gasteiger charge is 2.23. The largest absolute Gasteiger partial charge is 0.135 e. The quantitative estimate of drug-likeness (QED) is 0.171. The predicted octanol–water partition coefficient (Wildman–Crippen LogP) is 13.6. The van der Waals surface area contributed by atoms with Crippen LogP contribution in [-0.4, -0.2) is 0 Å². The topological polar surface area (TPSA) is 0 Å². The van der Waals surface area contributed by atoms with Crippen LogP contribution >= 0.6 is 11.3 Å². The number of fused-ring (bicyclic) bond motifs is 12. The lowest BCUT2D eigenvalue weighted by molar-refractivity contribution is 1.69. The van der Waals surface area contributed by atoms with Crippen LogP contribution in [0, 0.1) is 0 Å². The minimum atomic E-state index is 1.26. The lowest BCUT2D eigenvalue weighted by atomic mass is 9.91. The zero-order chi connectivity index (χ0) is 30.6. The van der Waals surface area contributed by atoms with Crippen molar-refractivity contribution in [1.29, 1.82) is 0 Å². The molecule has 0 N–H and O–H groups in total. The molecule has 1 aliphatic carbocycles. The van der Waals surface area contributed by atoms with E-state index < -0.39 is 0 Å². The molecule has 1 aromatic heterocycles. The fraction of sp³-hybridized carbons (Fsp3) is 0. The molecule has 1 heterocycles. The van der Waals surface area contributed by atoms with Crippen LogP contribution in [0.4, 0.5) is 0 Å². The summed E-state index contributed by atoms with van der Waals surface area (Å²) in [4.78, 5) is 0. The molecular weight excluding hydrogens is 585 g/mol. The van der Waals surface area contributed by atoms with E-state index in [1.165, 1.54) is 108 Å². The monoisotopic (exact) mass is 610 g/mol. The standard InChI is InChI=1S/C46H26S/c1-2-12-31-29(10-1)30-11-3-6-15-34(30)42-26-27(22-23-35(31)42)28-16-7-20-41-45-39(19-9-21-43(45)47-46(28)41)36-24-25-40-33-14-5-4-13-32(33)37-17-8-18-38(36)44(37)40/h1-26H. The van der Waals surface area contributed by atoms with E-state index in [4.69, 9.17) is 0 Å². The summed E-state index contributed by atoms with van der Waals surface area (Å²) < 4.78 is 2.67. The Morgan fingerprint density at radius 3 is 1.49 bits per heavy atom. The van der Waals surface area contributed by atoms with E-state index in [9.17, 15) is 0 Å². The summed E-state index contributed by atoms with van der Waals surface area (Å²) in [6.07, 6.45) is 0.